The van der Waals surface area contributed by atoms with Crippen LogP contribution >= 0.6 is 0 Å². The molecular weight excluding hydrogens is 354 g/mol. The highest BCUT2D eigenvalue weighted by atomic mass is 16.2. The van der Waals surface area contributed by atoms with Gasteiger partial charge in [0.25, 0.3) is 0 Å². The van der Waals surface area contributed by atoms with Crippen molar-refractivity contribution in [1.29, 1.82) is 0 Å². The van der Waals surface area contributed by atoms with Crippen LogP contribution in [0.5, 0.6) is 0 Å². The topological polar surface area (TPSA) is 60.9 Å². The van der Waals surface area contributed by atoms with Crippen LogP contribution in [-0.2, 0) is 20.9 Å². The van der Waals surface area contributed by atoms with Crippen molar-refractivity contribution in [1.82, 2.24) is 14.7 Å². The lowest BCUT2D eigenvalue weighted by Crippen LogP contribution is -2.60. The Morgan fingerprint density at radius 1 is 1.07 bits per heavy atom. The van der Waals surface area contributed by atoms with Crippen molar-refractivity contribution in [2.75, 3.05) is 26.2 Å². The zero-order valence-corrected chi connectivity index (χ0v) is 17.7. The minimum atomic E-state index is -0.631. The molecule has 28 heavy (non-hydrogen) atoms. The van der Waals surface area contributed by atoms with Gasteiger partial charge < -0.3 is 14.7 Å². The fourth-order valence-electron chi connectivity index (χ4n) is 3.51. The number of rotatable bonds is 8. The molecule has 0 N–H and O–H groups in total. The summed E-state index contributed by atoms with van der Waals surface area (Å²) in [5.74, 6) is 0.313. The van der Waals surface area contributed by atoms with Gasteiger partial charge in [0.2, 0.25) is 17.7 Å². The van der Waals surface area contributed by atoms with E-state index in [-0.39, 0.29) is 30.8 Å². The van der Waals surface area contributed by atoms with Gasteiger partial charge in [0.15, 0.2) is 0 Å². The maximum Gasteiger partial charge on any atom is 0.245 e. The summed E-state index contributed by atoms with van der Waals surface area (Å²) >= 11 is 0. The van der Waals surface area contributed by atoms with Crippen LogP contribution < -0.4 is 0 Å². The molecule has 1 saturated heterocycles. The van der Waals surface area contributed by atoms with E-state index in [0.717, 1.165) is 5.56 Å². The van der Waals surface area contributed by atoms with Gasteiger partial charge in [-0.2, -0.15) is 0 Å². The lowest BCUT2D eigenvalue weighted by molar-refractivity contribution is -0.158. The zero-order valence-electron chi connectivity index (χ0n) is 17.7. The largest absolute Gasteiger partial charge is 0.341 e. The van der Waals surface area contributed by atoms with Crippen molar-refractivity contribution in [3.8, 4) is 0 Å². The summed E-state index contributed by atoms with van der Waals surface area (Å²) < 4.78 is 0. The van der Waals surface area contributed by atoms with Gasteiger partial charge >= 0.3 is 0 Å². The van der Waals surface area contributed by atoms with Crippen molar-refractivity contribution in [2.24, 2.45) is 11.8 Å². The Hall–Kier alpha value is -2.37. The molecule has 1 aliphatic rings. The van der Waals surface area contributed by atoms with Gasteiger partial charge in [-0.1, -0.05) is 58.0 Å². The fourth-order valence-corrected chi connectivity index (χ4v) is 3.51. The molecule has 1 aliphatic heterocycles. The van der Waals surface area contributed by atoms with Crippen molar-refractivity contribution >= 4 is 17.7 Å². The number of benzene rings is 1. The molecule has 0 spiro atoms. The molecule has 2 rings (SSSR count). The third kappa shape index (κ3) is 5.81. The van der Waals surface area contributed by atoms with Crippen molar-refractivity contribution in [3.05, 3.63) is 35.9 Å². The van der Waals surface area contributed by atoms with Gasteiger partial charge in [0.05, 0.1) is 0 Å². The van der Waals surface area contributed by atoms with Crippen LogP contribution in [0, 0.1) is 11.8 Å². The second-order valence-corrected chi connectivity index (χ2v) is 8.46. The molecular formula is C22H33N3O3. The SMILES string of the molecule is CC(C)CN(CC(C)C)C(=O)CN1C(=O)CN(Cc2ccccc2)C(=O)[C@@H]1C. The number of carbonyl (C=O) groups is 3. The molecule has 1 fully saturated rings. The Kier molecular flexibility index (Phi) is 7.61. The van der Waals surface area contributed by atoms with E-state index in [1.54, 1.807) is 11.8 Å². The van der Waals surface area contributed by atoms with E-state index in [1.807, 2.05) is 35.2 Å². The molecule has 1 aromatic carbocycles. The summed E-state index contributed by atoms with van der Waals surface area (Å²) in [6.45, 7) is 11.7. The summed E-state index contributed by atoms with van der Waals surface area (Å²) in [5, 5.41) is 0. The summed E-state index contributed by atoms with van der Waals surface area (Å²) in [4.78, 5) is 43.2. The molecule has 6 heteroatoms. The number of nitrogens with zero attached hydrogens (tertiary/aromatic N) is 3. The Morgan fingerprint density at radius 3 is 2.18 bits per heavy atom. The normalized spacial score (nSPS) is 17.6. The molecule has 0 radical (unpaired) electrons. The first-order valence-corrected chi connectivity index (χ1v) is 10.1. The molecule has 1 aromatic rings. The third-order valence-electron chi connectivity index (χ3n) is 4.83. The van der Waals surface area contributed by atoms with Gasteiger partial charge in [-0.25, -0.2) is 0 Å². The van der Waals surface area contributed by atoms with Gasteiger partial charge in [-0.15, -0.1) is 0 Å². The third-order valence-corrected chi connectivity index (χ3v) is 4.83. The van der Waals surface area contributed by atoms with Gasteiger partial charge in [-0.3, -0.25) is 14.4 Å². The molecule has 0 unspecified atom stereocenters. The lowest BCUT2D eigenvalue weighted by Gasteiger charge is -2.39. The predicted octanol–water partition coefficient (Wildman–Crippen LogP) is 2.39. The highest BCUT2D eigenvalue weighted by molar-refractivity contribution is 5.96. The Morgan fingerprint density at radius 2 is 1.64 bits per heavy atom. The monoisotopic (exact) mass is 387 g/mol. The quantitative estimate of drug-likeness (QED) is 0.688. The van der Waals surface area contributed by atoms with Crippen LogP contribution in [0.3, 0.4) is 0 Å². The number of amides is 3. The zero-order chi connectivity index (χ0) is 20.8. The average Bonchev–Trinajstić information content (AvgIpc) is 2.62. The Balaban J connectivity index is 2.05. The molecule has 0 aromatic heterocycles. The lowest BCUT2D eigenvalue weighted by atomic mass is 10.1. The van der Waals surface area contributed by atoms with E-state index in [1.165, 1.54) is 4.90 Å². The summed E-state index contributed by atoms with van der Waals surface area (Å²) in [6, 6.07) is 9.00. The molecule has 3 amide bonds. The van der Waals surface area contributed by atoms with Crippen LogP contribution in [-0.4, -0.2) is 64.6 Å². The maximum atomic E-state index is 12.9. The van der Waals surface area contributed by atoms with E-state index in [0.29, 0.717) is 31.5 Å². The number of carbonyl (C=O) groups excluding carboxylic acids is 3. The molecule has 6 nitrogen and oxygen atoms in total. The molecule has 1 heterocycles. The molecule has 1 atom stereocenters. The van der Waals surface area contributed by atoms with E-state index in [2.05, 4.69) is 27.7 Å². The van der Waals surface area contributed by atoms with E-state index < -0.39 is 6.04 Å². The van der Waals surface area contributed by atoms with Crippen molar-refractivity contribution < 1.29 is 14.4 Å². The van der Waals surface area contributed by atoms with Gasteiger partial charge in [0.1, 0.15) is 19.1 Å². The molecule has 0 saturated carbocycles. The smallest absolute Gasteiger partial charge is 0.245 e. The standard InChI is InChI=1S/C22H33N3O3/c1-16(2)11-23(12-17(3)4)20(26)15-25-18(5)22(28)24(14-21(25)27)13-19-9-7-6-8-10-19/h6-10,16-18H,11-15H2,1-5H3/t18-/m0/s1. The summed E-state index contributed by atoms with van der Waals surface area (Å²) in [7, 11) is 0. The number of piperazine rings is 1. The molecule has 0 aliphatic carbocycles. The Labute approximate surface area is 168 Å². The predicted molar refractivity (Wildman–Crippen MR) is 109 cm³/mol. The fraction of sp³-hybridized carbons (Fsp3) is 0.591. The summed E-state index contributed by atoms with van der Waals surface area (Å²) in [5.41, 5.74) is 0.986. The van der Waals surface area contributed by atoms with Crippen LogP contribution in [0.4, 0.5) is 0 Å². The second-order valence-electron chi connectivity index (χ2n) is 8.46. The van der Waals surface area contributed by atoms with E-state index in [4.69, 9.17) is 0 Å². The van der Waals surface area contributed by atoms with Crippen molar-refractivity contribution in [3.63, 3.8) is 0 Å². The van der Waals surface area contributed by atoms with E-state index >= 15 is 0 Å². The van der Waals surface area contributed by atoms with E-state index in [9.17, 15) is 14.4 Å². The molecule has 0 bridgehead atoms. The number of hydrogen-bond acceptors (Lipinski definition) is 3. The first kappa shape index (κ1) is 21.9. The van der Waals surface area contributed by atoms with Crippen LogP contribution in [0.1, 0.15) is 40.2 Å². The van der Waals surface area contributed by atoms with Crippen LogP contribution in [0.25, 0.3) is 0 Å². The highest BCUT2D eigenvalue weighted by Crippen LogP contribution is 2.16. The molecule has 154 valence electrons. The Bertz CT molecular complexity index is 678. The highest BCUT2D eigenvalue weighted by Gasteiger charge is 2.38. The maximum absolute atomic E-state index is 12.9. The van der Waals surface area contributed by atoms with Crippen molar-refractivity contribution in [2.45, 2.75) is 47.2 Å². The average molecular weight is 388 g/mol. The van der Waals surface area contributed by atoms with Crippen LogP contribution in [0.15, 0.2) is 30.3 Å². The first-order valence-electron chi connectivity index (χ1n) is 10.1. The van der Waals surface area contributed by atoms with Crippen LogP contribution in [0.2, 0.25) is 0 Å². The minimum absolute atomic E-state index is 0.0136. The first-order chi connectivity index (χ1) is 13.2. The second kappa shape index (κ2) is 9.71. The van der Waals surface area contributed by atoms with Gasteiger partial charge in [0, 0.05) is 19.6 Å². The summed E-state index contributed by atoms with van der Waals surface area (Å²) in [6.07, 6.45) is 0. The van der Waals surface area contributed by atoms with Gasteiger partial charge in [-0.05, 0) is 24.3 Å². The number of hydrogen-bond donors (Lipinski definition) is 0. The minimum Gasteiger partial charge on any atom is -0.341 e.